The zero-order valence-electron chi connectivity index (χ0n) is 17.3. The highest BCUT2D eigenvalue weighted by molar-refractivity contribution is 9.26. The molecule has 4 nitrogen and oxygen atoms in total. The van der Waals surface area contributed by atoms with Gasteiger partial charge in [-0.2, -0.15) is 0 Å². The Morgan fingerprint density at radius 1 is 0.692 bits per heavy atom. The van der Waals surface area contributed by atoms with Crippen molar-refractivity contribution in [3.05, 3.63) is 0 Å². The molecule has 158 valence electrons. The van der Waals surface area contributed by atoms with Gasteiger partial charge in [-0.1, -0.05) is 21.6 Å². The minimum absolute atomic E-state index is 0.0466. The molecule has 0 rings (SSSR count). The van der Waals surface area contributed by atoms with Crippen molar-refractivity contribution in [3.8, 4) is 0 Å². The summed E-state index contributed by atoms with van der Waals surface area (Å²) >= 11 is 0. The highest BCUT2D eigenvalue weighted by Crippen LogP contribution is 2.45. The fraction of sp³-hybridized carbons (Fsp3) is 1.00. The summed E-state index contributed by atoms with van der Waals surface area (Å²) in [4.78, 5) is 0. The number of hydrogen-bond acceptors (Lipinski definition) is 8. The smallest absolute Gasteiger partial charge is 0.0555 e. The third kappa shape index (κ3) is 19.0. The summed E-state index contributed by atoms with van der Waals surface area (Å²) < 4.78 is 22.7. The number of rotatable bonds is 19. The lowest BCUT2D eigenvalue weighted by Gasteiger charge is -2.25. The summed E-state index contributed by atoms with van der Waals surface area (Å²) in [5.41, 5.74) is 0. The first-order valence-electron chi connectivity index (χ1n) is 9.34. The molecule has 0 spiro atoms. The predicted octanol–water partition coefficient (Wildman–Crippen LogP) is 2.71. The Bertz CT molecular complexity index is 297. The quantitative estimate of drug-likeness (QED) is 0.159. The number of ether oxygens (including phenoxy) is 4. The molecular formula is C16H38O4S4Si2. The molecule has 0 bridgehead atoms. The van der Waals surface area contributed by atoms with Gasteiger partial charge in [0.2, 0.25) is 0 Å². The molecule has 10 heteroatoms. The zero-order valence-corrected chi connectivity index (χ0v) is 24.6. The van der Waals surface area contributed by atoms with E-state index in [1.807, 2.05) is 55.1 Å². The van der Waals surface area contributed by atoms with Crippen LogP contribution in [-0.4, -0.2) is 82.1 Å². The van der Waals surface area contributed by atoms with E-state index < -0.39 is 0 Å². The van der Waals surface area contributed by atoms with Crippen molar-refractivity contribution < 1.29 is 18.9 Å². The lowest BCUT2D eigenvalue weighted by Crippen LogP contribution is -2.32. The molecule has 2 atom stereocenters. The first kappa shape index (κ1) is 27.7. The van der Waals surface area contributed by atoms with Gasteiger partial charge in [0.05, 0.1) is 10.4 Å². The van der Waals surface area contributed by atoms with Crippen LogP contribution in [0.25, 0.3) is 0 Å². The molecular weight excluding hydrogens is 441 g/mol. The van der Waals surface area contributed by atoms with Crippen LogP contribution in [0.15, 0.2) is 0 Å². The Kier molecular flexibility index (Phi) is 18.7. The van der Waals surface area contributed by atoms with Gasteiger partial charge < -0.3 is 18.9 Å². The topological polar surface area (TPSA) is 36.9 Å². The summed E-state index contributed by atoms with van der Waals surface area (Å²) in [6, 6.07) is 0. The molecule has 0 aromatic heterocycles. The summed E-state index contributed by atoms with van der Waals surface area (Å²) in [5, 5.41) is 0.0932. The van der Waals surface area contributed by atoms with E-state index in [1.165, 1.54) is 0 Å². The third-order valence-electron chi connectivity index (χ3n) is 3.20. The van der Waals surface area contributed by atoms with E-state index in [1.54, 1.807) is 0 Å². The maximum absolute atomic E-state index is 6.02. The Morgan fingerprint density at radius 2 is 1.08 bits per heavy atom. The Hall–Kier alpha value is 1.67. The van der Waals surface area contributed by atoms with Gasteiger partial charge in [0, 0.05) is 71.6 Å². The minimum atomic E-state index is 0.0466. The molecule has 0 aromatic rings. The standard InChI is InChI=1S/C16H38O4S4Si2/c1-5-17-9-7-11-19-15(3,25)13-21-23-24-22-14-16(4,26)20-12-8-10-18-6-2/h5-14H2,1-4,25-26H3. The lowest BCUT2D eigenvalue weighted by molar-refractivity contribution is 0.0309. The average molecular weight is 479 g/mol. The van der Waals surface area contributed by atoms with Crippen molar-refractivity contribution in [2.45, 2.75) is 51.0 Å². The van der Waals surface area contributed by atoms with Crippen LogP contribution in [0.2, 0.25) is 0 Å². The summed E-state index contributed by atoms with van der Waals surface area (Å²) in [6.07, 6.45) is 1.97. The van der Waals surface area contributed by atoms with Gasteiger partial charge in [0.25, 0.3) is 0 Å². The van der Waals surface area contributed by atoms with Crippen LogP contribution in [-0.2, 0) is 18.9 Å². The van der Waals surface area contributed by atoms with E-state index in [0.717, 1.165) is 84.5 Å². The van der Waals surface area contributed by atoms with Gasteiger partial charge >= 0.3 is 0 Å². The van der Waals surface area contributed by atoms with E-state index in [2.05, 4.69) is 13.8 Å². The van der Waals surface area contributed by atoms with Gasteiger partial charge in [-0.25, -0.2) is 0 Å². The van der Waals surface area contributed by atoms with Crippen LogP contribution in [0.4, 0.5) is 0 Å². The highest BCUT2D eigenvalue weighted by Gasteiger charge is 2.20. The summed E-state index contributed by atoms with van der Waals surface area (Å²) in [5.74, 6) is 2.08. The molecule has 0 aliphatic rings. The molecule has 0 aromatic carbocycles. The van der Waals surface area contributed by atoms with Crippen molar-refractivity contribution in [2.24, 2.45) is 0 Å². The summed E-state index contributed by atoms with van der Waals surface area (Å²) in [6.45, 7) is 13.3. The van der Waals surface area contributed by atoms with Crippen molar-refractivity contribution in [3.63, 3.8) is 0 Å². The second-order valence-corrected chi connectivity index (χ2v) is 17.2. The lowest BCUT2D eigenvalue weighted by atomic mass is 10.4. The van der Waals surface area contributed by atoms with Crippen LogP contribution in [0.3, 0.4) is 0 Å². The Labute approximate surface area is 182 Å². The molecule has 0 heterocycles. The molecule has 0 aliphatic carbocycles. The van der Waals surface area contributed by atoms with E-state index in [9.17, 15) is 0 Å². The predicted molar refractivity (Wildman–Crippen MR) is 131 cm³/mol. The zero-order chi connectivity index (χ0) is 19.7. The van der Waals surface area contributed by atoms with E-state index in [-0.39, 0.29) is 10.4 Å². The van der Waals surface area contributed by atoms with Gasteiger partial charge in [-0.05, 0) is 60.2 Å². The molecule has 0 radical (unpaired) electrons. The monoisotopic (exact) mass is 478 g/mol. The molecule has 2 unspecified atom stereocenters. The molecule has 0 saturated carbocycles. The van der Waals surface area contributed by atoms with Crippen LogP contribution >= 0.6 is 41.2 Å². The largest absolute Gasteiger partial charge is 0.382 e. The maximum atomic E-state index is 6.02. The van der Waals surface area contributed by atoms with Gasteiger partial charge in [0.1, 0.15) is 0 Å². The number of hydrogen-bond donors (Lipinski definition) is 0. The summed E-state index contributed by atoms with van der Waals surface area (Å²) in [7, 11) is 9.59. The van der Waals surface area contributed by atoms with E-state index in [0.29, 0.717) is 0 Å². The molecule has 26 heavy (non-hydrogen) atoms. The van der Waals surface area contributed by atoms with E-state index >= 15 is 0 Å². The fourth-order valence-electron chi connectivity index (χ4n) is 1.76. The van der Waals surface area contributed by atoms with Crippen molar-refractivity contribution in [1.29, 1.82) is 0 Å². The third-order valence-corrected chi connectivity index (χ3v) is 12.6. The van der Waals surface area contributed by atoms with Crippen molar-refractivity contribution in [2.75, 3.05) is 51.1 Å². The molecule has 0 fully saturated rings. The molecule has 0 amide bonds. The van der Waals surface area contributed by atoms with Crippen LogP contribution in [0, 0.1) is 0 Å². The molecule has 0 N–H and O–H groups in total. The second kappa shape index (κ2) is 17.5. The van der Waals surface area contributed by atoms with E-state index in [4.69, 9.17) is 18.9 Å². The van der Waals surface area contributed by atoms with Crippen LogP contribution in [0.5, 0.6) is 0 Å². The highest BCUT2D eigenvalue weighted by atomic mass is 33.7. The maximum Gasteiger partial charge on any atom is 0.0555 e. The molecule has 0 saturated heterocycles. The van der Waals surface area contributed by atoms with Gasteiger partial charge in [0.15, 0.2) is 0 Å². The second-order valence-electron chi connectivity index (χ2n) is 6.98. The van der Waals surface area contributed by atoms with Crippen LogP contribution < -0.4 is 0 Å². The SMILES string of the molecule is CCOCCCOC(C)([SiH3])CSSSSCC(C)([SiH3])OCCCOCC. The van der Waals surface area contributed by atoms with Gasteiger partial charge in [-0.3, -0.25) is 0 Å². The first-order valence-corrected chi connectivity index (χ1v) is 16.5. The van der Waals surface area contributed by atoms with Crippen molar-refractivity contribution in [1.82, 2.24) is 0 Å². The Morgan fingerprint density at radius 3 is 1.42 bits per heavy atom. The Balaban J connectivity index is 3.59. The average Bonchev–Trinajstić information content (AvgIpc) is 2.57. The molecule has 0 aliphatic heterocycles. The normalized spacial score (nSPS) is 16.6. The van der Waals surface area contributed by atoms with Crippen molar-refractivity contribution >= 4 is 61.7 Å². The minimum Gasteiger partial charge on any atom is -0.382 e. The van der Waals surface area contributed by atoms with Crippen LogP contribution in [0.1, 0.15) is 40.5 Å². The fourth-order valence-corrected chi connectivity index (χ4v) is 11.1. The van der Waals surface area contributed by atoms with Gasteiger partial charge in [-0.15, -0.1) is 0 Å². The first-order chi connectivity index (χ1) is 12.3.